The van der Waals surface area contributed by atoms with E-state index in [-0.39, 0.29) is 0 Å². The molecule has 0 aliphatic carbocycles. The third kappa shape index (κ3) is 4.58. The van der Waals surface area contributed by atoms with E-state index >= 15 is 0 Å². The molecular formula is C23H20N2O3S. The number of nitrogens with zero attached hydrogens (tertiary/aromatic N) is 2. The third-order valence-electron chi connectivity index (χ3n) is 4.48. The maximum absolute atomic E-state index is 11.4. The molecule has 0 amide bonds. The van der Waals surface area contributed by atoms with Crippen molar-refractivity contribution in [2.24, 2.45) is 0 Å². The molecule has 0 saturated heterocycles. The number of carbonyl (C=O) groups is 1. The molecule has 0 fully saturated rings. The summed E-state index contributed by atoms with van der Waals surface area (Å²) in [6.45, 7) is 3.58. The van der Waals surface area contributed by atoms with E-state index in [2.05, 4.69) is 11.1 Å². The van der Waals surface area contributed by atoms with Crippen molar-refractivity contribution in [1.82, 2.24) is 4.98 Å². The number of pyridine rings is 1. The zero-order valence-corrected chi connectivity index (χ0v) is 17.2. The first-order chi connectivity index (χ1) is 13.9. The summed E-state index contributed by atoms with van der Waals surface area (Å²) in [5.74, 6) is -0.220. The maximum atomic E-state index is 11.4. The van der Waals surface area contributed by atoms with Crippen molar-refractivity contribution in [3.8, 4) is 34.2 Å². The van der Waals surface area contributed by atoms with Gasteiger partial charge < -0.3 is 9.84 Å². The van der Waals surface area contributed by atoms with E-state index in [1.807, 2.05) is 61.5 Å². The Hall–Kier alpha value is -3.30. The van der Waals surface area contributed by atoms with Gasteiger partial charge in [0.05, 0.1) is 18.4 Å². The molecule has 3 rings (SSSR count). The smallest absolute Gasteiger partial charge is 0.316 e. The minimum absolute atomic E-state index is 0.379. The first-order valence-corrected chi connectivity index (χ1v) is 9.87. The Kier molecular flexibility index (Phi) is 6.20. The van der Waals surface area contributed by atoms with E-state index in [9.17, 15) is 15.2 Å². The lowest BCUT2D eigenvalue weighted by Crippen LogP contribution is -2.12. The van der Waals surface area contributed by atoms with Crippen molar-refractivity contribution in [2.75, 3.05) is 7.11 Å². The summed E-state index contributed by atoms with van der Waals surface area (Å²) in [5.41, 5.74) is 4.63. The summed E-state index contributed by atoms with van der Waals surface area (Å²) in [5, 5.41) is 18.8. The lowest BCUT2D eigenvalue weighted by molar-refractivity contribution is -0.136. The van der Waals surface area contributed by atoms with E-state index in [0.717, 1.165) is 39.8 Å². The van der Waals surface area contributed by atoms with Crippen molar-refractivity contribution in [3.05, 3.63) is 65.7 Å². The fourth-order valence-electron chi connectivity index (χ4n) is 2.80. The summed E-state index contributed by atoms with van der Waals surface area (Å²) >= 11 is 1.07. The lowest BCUT2D eigenvalue weighted by Gasteiger charge is -2.14. The van der Waals surface area contributed by atoms with Crippen LogP contribution in [0.15, 0.2) is 59.6 Å². The van der Waals surface area contributed by atoms with Gasteiger partial charge in [0.1, 0.15) is 22.1 Å². The van der Waals surface area contributed by atoms with Crippen LogP contribution in [-0.4, -0.2) is 28.4 Å². The average Bonchev–Trinajstić information content (AvgIpc) is 2.73. The molecule has 1 atom stereocenters. The molecule has 5 nitrogen and oxygen atoms in total. The zero-order chi connectivity index (χ0) is 21.0. The van der Waals surface area contributed by atoms with Gasteiger partial charge in [-0.15, -0.1) is 0 Å². The van der Waals surface area contributed by atoms with Gasteiger partial charge in [-0.3, -0.25) is 4.79 Å². The number of thioether (sulfide) groups is 1. The monoisotopic (exact) mass is 404 g/mol. The SMILES string of the molecule is COc1ccc(-c2cc(-c3ccc(C)cc3)c(C#N)c(SC(C)C(=O)O)n2)cc1. The average molecular weight is 404 g/mol. The lowest BCUT2D eigenvalue weighted by atomic mass is 9.98. The van der Waals surface area contributed by atoms with Gasteiger partial charge in [0.2, 0.25) is 0 Å². The van der Waals surface area contributed by atoms with E-state index < -0.39 is 11.2 Å². The van der Waals surface area contributed by atoms with E-state index in [0.29, 0.717) is 16.3 Å². The first kappa shape index (κ1) is 20.4. The van der Waals surface area contributed by atoms with Crippen molar-refractivity contribution in [2.45, 2.75) is 24.1 Å². The highest BCUT2D eigenvalue weighted by Gasteiger charge is 2.20. The number of aryl methyl sites for hydroxylation is 1. The molecule has 0 radical (unpaired) electrons. The van der Waals surface area contributed by atoms with Gasteiger partial charge in [0.15, 0.2) is 0 Å². The zero-order valence-electron chi connectivity index (χ0n) is 16.3. The van der Waals surface area contributed by atoms with Gasteiger partial charge in [0.25, 0.3) is 0 Å². The van der Waals surface area contributed by atoms with E-state index in [4.69, 9.17) is 4.74 Å². The topological polar surface area (TPSA) is 83.2 Å². The number of hydrogen-bond acceptors (Lipinski definition) is 5. The highest BCUT2D eigenvalue weighted by atomic mass is 32.2. The largest absolute Gasteiger partial charge is 0.497 e. The van der Waals surface area contributed by atoms with E-state index in [1.54, 1.807) is 14.0 Å². The quantitative estimate of drug-likeness (QED) is 0.571. The Balaban J connectivity index is 2.20. The number of carboxylic acids is 1. The van der Waals surface area contributed by atoms with Crippen LogP contribution in [0.1, 0.15) is 18.1 Å². The molecule has 2 aromatic carbocycles. The van der Waals surface area contributed by atoms with Gasteiger partial charge >= 0.3 is 5.97 Å². The number of ether oxygens (including phenoxy) is 1. The Bertz CT molecular complexity index is 1070. The normalized spacial score (nSPS) is 11.5. The number of aromatic nitrogens is 1. The number of hydrogen-bond donors (Lipinski definition) is 1. The molecule has 1 heterocycles. The summed E-state index contributed by atoms with van der Waals surface area (Å²) in [4.78, 5) is 16.0. The summed E-state index contributed by atoms with van der Waals surface area (Å²) in [7, 11) is 1.60. The molecule has 1 unspecified atom stereocenters. The molecular weight excluding hydrogens is 384 g/mol. The van der Waals surface area contributed by atoms with Crippen molar-refractivity contribution in [1.29, 1.82) is 5.26 Å². The van der Waals surface area contributed by atoms with Crippen LogP contribution < -0.4 is 4.74 Å². The third-order valence-corrected chi connectivity index (χ3v) is 5.56. The van der Waals surface area contributed by atoms with Crippen molar-refractivity contribution < 1.29 is 14.6 Å². The number of aliphatic carboxylic acids is 1. The van der Waals surface area contributed by atoms with Gasteiger partial charge in [-0.1, -0.05) is 41.6 Å². The molecule has 0 saturated carbocycles. The molecule has 0 bridgehead atoms. The van der Waals surface area contributed by atoms with Crippen LogP contribution in [0.4, 0.5) is 0 Å². The minimum Gasteiger partial charge on any atom is -0.497 e. The fourth-order valence-corrected chi connectivity index (χ4v) is 3.66. The summed E-state index contributed by atoms with van der Waals surface area (Å²) < 4.78 is 5.22. The first-order valence-electron chi connectivity index (χ1n) is 8.99. The van der Waals surface area contributed by atoms with E-state index in [1.165, 1.54) is 0 Å². The van der Waals surface area contributed by atoms with Crippen LogP contribution in [-0.2, 0) is 4.79 Å². The Labute approximate surface area is 174 Å². The predicted molar refractivity (Wildman–Crippen MR) is 114 cm³/mol. The predicted octanol–water partition coefficient (Wildman–Crippen LogP) is 5.17. The summed E-state index contributed by atoms with van der Waals surface area (Å²) in [6.07, 6.45) is 0. The van der Waals surface area contributed by atoms with Crippen LogP contribution in [0, 0.1) is 18.3 Å². The Morgan fingerprint density at radius 1 is 1.14 bits per heavy atom. The van der Waals surface area contributed by atoms with Crippen LogP contribution in [0.2, 0.25) is 0 Å². The molecule has 0 aliphatic heterocycles. The highest BCUT2D eigenvalue weighted by Crippen LogP contribution is 2.36. The number of methoxy groups -OCH3 is 1. The molecule has 1 aromatic heterocycles. The standard InChI is InChI=1S/C23H20N2O3S/c1-14-4-6-16(7-5-14)19-12-21(17-8-10-18(28-3)11-9-17)25-22(20(19)13-24)29-15(2)23(26)27/h4-12,15H,1-3H3,(H,26,27). The fraction of sp³-hybridized carbons (Fsp3) is 0.174. The molecule has 0 aliphatic rings. The minimum atomic E-state index is -0.951. The molecule has 146 valence electrons. The highest BCUT2D eigenvalue weighted by molar-refractivity contribution is 8.00. The van der Waals surface area contributed by atoms with Crippen LogP contribution >= 0.6 is 11.8 Å². The van der Waals surface area contributed by atoms with Crippen LogP contribution in [0.25, 0.3) is 22.4 Å². The number of benzene rings is 2. The van der Waals surface area contributed by atoms with Gasteiger partial charge in [-0.05, 0) is 49.7 Å². The Morgan fingerprint density at radius 3 is 2.31 bits per heavy atom. The number of carboxylic acid groups (broad SMARTS) is 1. The number of rotatable bonds is 6. The Morgan fingerprint density at radius 2 is 1.76 bits per heavy atom. The van der Waals surface area contributed by atoms with Gasteiger partial charge in [-0.2, -0.15) is 5.26 Å². The molecule has 0 spiro atoms. The summed E-state index contributed by atoms with van der Waals surface area (Å²) in [6, 6.07) is 19.4. The van der Waals surface area contributed by atoms with Gasteiger partial charge in [0, 0.05) is 11.1 Å². The number of nitriles is 1. The molecule has 3 aromatic rings. The maximum Gasteiger partial charge on any atom is 0.316 e. The van der Waals surface area contributed by atoms with Crippen molar-refractivity contribution >= 4 is 17.7 Å². The van der Waals surface area contributed by atoms with Crippen LogP contribution in [0.5, 0.6) is 5.75 Å². The second-order valence-electron chi connectivity index (χ2n) is 6.54. The second-order valence-corrected chi connectivity index (χ2v) is 7.87. The molecule has 6 heteroatoms. The second kappa shape index (κ2) is 8.80. The molecule has 29 heavy (non-hydrogen) atoms. The van der Waals surface area contributed by atoms with Gasteiger partial charge in [-0.25, -0.2) is 4.98 Å². The molecule has 1 N–H and O–H groups in total. The van der Waals surface area contributed by atoms with Crippen molar-refractivity contribution in [3.63, 3.8) is 0 Å². The van der Waals surface area contributed by atoms with Crippen LogP contribution in [0.3, 0.4) is 0 Å².